The molecule has 0 radical (unpaired) electrons. The van der Waals surface area contributed by atoms with Crippen LogP contribution in [-0.2, 0) is 20.9 Å². The Labute approximate surface area is 139 Å². The van der Waals surface area contributed by atoms with E-state index in [1.165, 1.54) is 10.9 Å². The summed E-state index contributed by atoms with van der Waals surface area (Å²) in [7, 11) is 0. The highest BCUT2D eigenvalue weighted by Gasteiger charge is 2.13. The zero-order valence-corrected chi connectivity index (χ0v) is 13.8. The van der Waals surface area contributed by atoms with Crippen molar-refractivity contribution in [2.24, 2.45) is 0 Å². The summed E-state index contributed by atoms with van der Waals surface area (Å²) in [6.07, 6.45) is 2.93. The number of fused-ring (bicyclic) bond motifs is 1. The Kier molecular flexibility index (Phi) is 6.06. The van der Waals surface area contributed by atoms with Gasteiger partial charge in [0, 0.05) is 6.04 Å². The quantitative estimate of drug-likeness (QED) is 0.771. The zero-order chi connectivity index (χ0) is 17.5. The minimum absolute atomic E-state index is 0.0727. The standard InChI is InChI=1S/C17H21N3O4/c1-3-12(4-2)19-15(21)10-24-16(22)9-20-11-18-14-8-6-5-7-13(14)17(20)23/h5-8,11-12H,3-4,9-10H2,1-2H3,(H,19,21). The van der Waals surface area contributed by atoms with Crippen molar-refractivity contribution < 1.29 is 14.3 Å². The van der Waals surface area contributed by atoms with Gasteiger partial charge in [0.2, 0.25) is 0 Å². The normalized spacial score (nSPS) is 10.8. The van der Waals surface area contributed by atoms with Crippen LogP contribution < -0.4 is 10.9 Å². The molecular weight excluding hydrogens is 310 g/mol. The molecule has 1 heterocycles. The lowest BCUT2D eigenvalue weighted by molar-refractivity contribution is -0.149. The lowest BCUT2D eigenvalue weighted by Gasteiger charge is -2.14. The maximum Gasteiger partial charge on any atom is 0.326 e. The van der Waals surface area contributed by atoms with Gasteiger partial charge >= 0.3 is 5.97 Å². The van der Waals surface area contributed by atoms with Crippen LogP contribution in [0.25, 0.3) is 10.9 Å². The largest absolute Gasteiger partial charge is 0.454 e. The van der Waals surface area contributed by atoms with Crippen LogP contribution >= 0.6 is 0 Å². The molecule has 1 aromatic heterocycles. The highest BCUT2D eigenvalue weighted by Crippen LogP contribution is 2.04. The van der Waals surface area contributed by atoms with Crippen molar-refractivity contribution in [1.82, 2.24) is 14.9 Å². The number of nitrogens with zero attached hydrogens (tertiary/aromatic N) is 2. The Morgan fingerprint density at radius 3 is 2.67 bits per heavy atom. The summed E-state index contributed by atoms with van der Waals surface area (Å²) in [5, 5.41) is 3.20. The summed E-state index contributed by atoms with van der Waals surface area (Å²) >= 11 is 0. The first-order chi connectivity index (χ1) is 11.5. The van der Waals surface area contributed by atoms with E-state index in [9.17, 15) is 14.4 Å². The van der Waals surface area contributed by atoms with Crippen LogP contribution in [0.4, 0.5) is 0 Å². The molecule has 0 unspecified atom stereocenters. The average molecular weight is 331 g/mol. The molecular formula is C17H21N3O4. The van der Waals surface area contributed by atoms with Gasteiger partial charge in [0.15, 0.2) is 6.61 Å². The van der Waals surface area contributed by atoms with Crippen molar-refractivity contribution in [3.8, 4) is 0 Å². The predicted octanol–water partition coefficient (Wildman–Crippen LogP) is 1.24. The van der Waals surface area contributed by atoms with Gasteiger partial charge in [0.25, 0.3) is 11.5 Å². The Hall–Kier alpha value is -2.70. The second kappa shape index (κ2) is 8.24. The van der Waals surface area contributed by atoms with E-state index in [-0.39, 0.29) is 30.7 Å². The molecule has 0 atom stereocenters. The summed E-state index contributed by atoms with van der Waals surface area (Å²) in [5.74, 6) is -1.00. The molecule has 7 heteroatoms. The monoisotopic (exact) mass is 331 g/mol. The second-order valence-corrected chi connectivity index (χ2v) is 5.44. The van der Waals surface area contributed by atoms with Crippen LogP contribution in [0.5, 0.6) is 0 Å². The van der Waals surface area contributed by atoms with E-state index in [4.69, 9.17) is 4.74 Å². The molecule has 1 amide bonds. The Morgan fingerprint density at radius 2 is 1.96 bits per heavy atom. The molecule has 0 aliphatic rings. The van der Waals surface area contributed by atoms with Crippen LogP contribution in [0.1, 0.15) is 26.7 Å². The molecule has 2 aromatic rings. The van der Waals surface area contributed by atoms with Gasteiger partial charge in [-0.25, -0.2) is 4.98 Å². The predicted molar refractivity (Wildman–Crippen MR) is 89.5 cm³/mol. The highest BCUT2D eigenvalue weighted by atomic mass is 16.5. The van der Waals surface area contributed by atoms with E-state index in [1.807, 2.05) is 13.8 Å². The molecule has 0 bridgehead atoms. The average Bonchev–Trinajstić information content (AvgIpc) is 2.60. The number of aromatic nitrogens is 2. The maximum atomic E-state index is 12.3. The van der Waals surface area contributed by atoms with E-state index in [0.29, 0.717) is 10.9 Å². The topological polar surface area (TPSA) is 90.3 Å². The molecule has 0 aliphatic heterocycles. The van der Waals surface area contributed by atoms with Crippen LogP contribution in [0.3, 0.4) is 0 Å². The van der Waals surface area contributed by atoms with E-state index < -0.39 is 5.97 Å². The number of benzene rings is 1. The molecule has 0 saturated heterocycles. The van der Waals surface area contributed by atoms with E-state index >= 15 is 0 Å². The number of para-hydroxylation sites is 1. The van der Waals surface area contributed by atoms with Crippen molar-refractivity contribution in [2.45, 2.75) is 39.3 Å². The minimum atomic E-state index is -0.658. The van der Waals surface area contributed by atoms with Gasteiger partial charge in [-0.2, -0.15) is 0 Å². The van der Waals surface area contributed by atoms with Gasteiger partial charge < -0.3 is 10.1 Å². The van der Waals surface area contributed by atoms with Gasteiger partial charge in [-0.1, -0.05) is 26.0 Å². The Morgan fingerprint density at radius 1 is 1.25 bits per heavy atom. The van der Waals surface area contributed by atoms with Crippen LogP contribution in [-0.4, -0.2) is 34.1 Å². The van der Waals surface area contributed by atoms with Crippen LogP contribution in [0.2, 0.25) is 0 Å². The van der Waals surface area contributed by atoms with Crippen molar-refractivity contribution in [3.05, 3.63) is 40.9 Å². The SMILES string of the molecule is CCC(CC)NC(=O)COC(=O)Cn1cnc2ccccc2c1=O. The molecule has 1 N–H and O–H groups in total. The molecule has 7 nitrogen and oxygen atoms in total. The second-order valence-electron chi connectivity index (χ2n) is 5.44. The number of hydrogen-bond donors (Lipinski definition) is 1. The fraction of sp³-hybridized carbons (Fsp3) is 0.412. The number of hydrogen-bond acceptors (Lipinski definition) is 5. The van der Waals surface area contributed by atoms with Crippen molar-refractivity contribution in [1.29, 1.82) is 0 Å². The molecule has 0 spiro atoms. The summed E-state index contributed by atoms with van der Waals surface area (Å²) in [6.45, 7) is 3.30. The number of carbonyl (C=O) groups excluding carboxylic acids is 2. The Bertz CT molecular complexity index is 781. The molecule has 0 fully saturated rings. The number of ether oxygens (including phenoxy) is 1. The van der Waals surface area contributed by atoms with E-state index in [2.05, 4.69) is 10.3 Å². The molecule has 24 heavy (non-hydrogen) atoms. The van der Waals surface area contributed by atoms with Gasteiger partial charge in [-0.15, -0.1) is 0 Å². The van der Waals surface area contributed by atoms with E-state index in [0.717, 1.165) is 12.8 Å². The first kappa shape index (κ1) is 17.7. The Balaban J connectivity index is 1.94. The zero-order valence-electron chi connectivity index (χ0n) is 13.8. The number of esters is 1. The van der Waals surface area contributed by atoms with Crippen LogP contribution in [0.15, 0.2) is 35.4 Å². The number of carbonyl (C=O) groups is 2. The van der Waals surface area contributed by atoms with Crippen molar-refractivity contribution in [3.63, 3.8) is 0 Å². The van der Waals surface area contributed by atoms with Gasteiger partial charge in [0.1, 0.15) is 6.54 Å². The smallest absolute Gasteiger partial charge is 0.326 e. The summed E-state index contributed by atoms with van der Waals surface area (Å²) in [5.41, 5.74) is 0.246. The van der Waals surface area contributed by atoms with Gasteiger partial charge in [-0.05, 0) is 25.0 Å². The minimum Gasteiger partial charge on any atom is -0.454 e. The third-order valence-corrected chi connectivity index (χ3v) is 3.75. The lowest BCUT2D eigenvalue weighted by atomic mass is 10.2. The lowest BCUT2D eigenvalue weighted by Crippen LogP contribution is -2.37. The fourth-order valence-corrected chi connectivity index (χ4v) is 2.31. The summed E-state index contributed by atoms with van der Waals surface area (Å²) in [4.78, 5) is 39.9. The molecule has 1 aromatic carbocycles. The first-order valence-corrected chi connectivity index (χ1v) is 7.94. The first-order valence-electron chi connectivity index (χ1n) is 7.94. The highest BCUT2D eigenvalue weighted by molar-refractivity contribution is 5.81. The summed E-state index contributed by atoms with van der Waals surface area (Å²) in [6, 6.07) is 6.96. The van der Waals surface area contributed by atoms with Crippen molar-refractivity contribution >= 4 is 22.8 Å². The van der Waals surface area contributed by atoms with Crippen LogP contribution in [0, 0.1) is 0 Å². The molecule has 0 aliphatic carbocycles. The van der Waals surface area contributed by atoms with Gasteiger partial charge in [0.05, 0.1) is 17.2 Å². The van der Waals surface area contributed by atoms with Gasteiger partial charge in [-0.3, -0.25) is 19.0 Å². The third-order valence-electron chi connectivity index (χ3n) is 3.75. The third kappa shape index (κ3) is 4.41. The maximum absolute atomic E-state index is 12.3. The van der Waals surface area contributed by atoms with E-state index in [1.54, 1.807) is 24.3 Å². The van der Waals surface area contributed by atoms with Crippen molar-refractivity contribution in [2.75, 3.05) is 6.61 Å². The number of nitrogens with one attached hydrogen (secondary N) is 1. The molecule has 2 rings (SSSR count). The molecule has 0 saturated carbocycles. The fourth-order valence-electron chi connectivity index (χ4n) is 2.31. The number of amides is 1. The summed E-state index contributed by atoms with van der Waals surface area (Å²) < 4.78 is 6.10. The molecule has 128 valence electrons. The number of rotatable bonds is 7.